The molecule has 0 heterocycles. The first-order chi connectivity index (χ1) is 8.92. The molecule has 0 aliphatic carbocycles. The minimum atomic E-state index is -0.371. The lowest BCUT2D eigenvalue weighted by Gasteiger charge is -2.16. The topological polar surface area (TPSA) is 43.1 Å². The van der Waals surface area contributed by atoms with Crippen molar-refractivity contribution in [3.63, 3.8) is 0 Å². The zero-order chi connectivity index (χ0) is 14.4. The van der Waals surface area contributed by atoms with E-state index in [0.717, 1.165) is 6.42 Å². The highest BCUT2D eigenvalue weighted by Gasteiger charge is 2.15. The van der Waals surface area contributed by atoms with E-state index in [2.05, 4.69) is 13.8 Å². The molecule has 19 heavy (non-hydrogen) atoms. The fourth-order valence-electron chi connectivity index (χ4n) is 2.21. The summed E-state index contributed by atoms with van der Waals surface area (Å²) in [5, 5.41) is 0.433. The molecule has 0 aliphatic rings. The van der Waals surface area contributed by atoms with Crippen LogP contribution in [-0.2, 0) is 11.2 Å². The number of nitrogens with two attached hydrogens (primary N) is 1. The van der Waals surface area contributed by atoms with Gasteiger partial charge in [0.1, 0.15) is 11.6 Å². The highest BCUT2D eigenvalue weighted by Crippen LogP contribution is 2.20. The van der Waals surface area contributed by atoms with Crippen molar-refractivity contribution >= 4 is 17.4 Å². The summed E-state index contributed by atoms with van der Waals surface area (Å²) in [5.41, 5.74) is 6.23. The van der Waals surface area contributed by atoms with Crippen molar-refractivity contribution < 1.29 is 9.18 Å². The molecule has 1 unspecified atom stereocenters. The van der Waals surface area contributed by atoms with Crippen LogP contribution in [0.25, 0.3) is 0 Å². The Hall–Kier alpha value is -0.930. The van der Waals surface area contributed by atoms with Gasteiger partial charge in [-0.15, -0.1) is 0 Å². The van der Waals surface area contributed by atoms with Gasteiger partial charge in [-0.1, -0.05) is 25.4 Å². The van der Waals surface area contributed by atoms with E-state index in [1.165, 1.54) is 18.2 Å². The number of hydrogen-bond donors (Lipinski definition) is 1. The molecule has 0 saturated heterocycles. The summed E-state index contributed by atoms with van der Waals surface area (Å²) in [6.45, 7) is 4.72. The number of hydrogen-bond acceptors (Lipinski definition) is 2. The predicted molar refractivity (Wildman–Crippen MR) is 76.7 cm³/mol. The third-order valence-electron chi connectivity index (χ3n) is 3.05. The maximum absolute atomic E-state index is 13.1. The van der Waals surface area contributed by atoms with Crippen LogP contribution < -0.4 is 5.73 Å². The second kappa shape index (κ2) is 7.61. The number of carbonyl (C=O) groups excluding carboxylic acids is 1. The van der Waals surface area contributed by atoms with Gasteiger partial charge in [-0.25, -0.2) is 4.39 Å². The van der Waals surface area contributed by atoms with E-state index in [4.69, 9.17) is 17.3 Å². The van der Waals surface area contributed by atoms with Crippen molar-refractivity contribution in [3.05, 3.63) is 34.6 Å². The van der Waals surface area contributed by atoms with E-state index < -0.39 is 0 Å². The second-order valence-corrected chi connectivity index (χ2v) is 5.79. The molecule has 0 aromatic heterocycles. The van der Waals surface area contributed by atoms with Crippen LogP contribution in [0.1, 0.15) is 32.3 Å². The van der Waals surface area contributed by atoms with Crippen LogP contribution in [-0.4, -0.2) is 12.3 Å². The fraction of sp³-hybridized carbons (Fsp3) is 0.533. The zero-order valence-electron chi connectivity index (χ0n) is 11.5. The summed E-state index contributed by atoms with van der Waals surface area (Å²) in [4.78, 5) is 12.0. The minimum absolute atomic E-state index is 0.0589. The van der Waals surface area contributed by atoms with Crippen LogP contribution in [0.15, 0.2) is 18.2 Å². The third-order valence-corrected chi connectivity index (χ3v) is 3.42. The van der Waals surface area contributed by atoms with Gasteiger partial charge in [0.15, 0.2) is 0 Å². The Balaban J connectivity index is 2.61. The molecule has 2 nitrogen and oxygen atoms in total. The van der Waals surface area contributed by atoms with E-state index in [0.29, 0.717) is 29.5 Å². The van der Waals surface area contributed by atoms with E-state index in [1.54, 1.807) is 0 Å². The molecule has 106 valence electrons. The summed E-state index contributed by atoms with van der Waals surface area (Å²) in [6, 6.07) is 4.09. The molecule has 1 aromatic carbocycles. The molecule has 2 N–H and O–H groups in total. The van der Waals surface area contributed by atoms with Crippen molar-refractivity contribution in [1.29, 1.82) is 0 Å². The fourth-order valence-corrected chi connectivity index (χ4v) is 2.40. The van der Waals surface area contributed by atoms with Gasteiger partial charge in [-0.2, -0.15) is 0 Å². The van der Waals surface area contributed by atoms with Gasteiger partial charge in [0.05, 0.1) is 0 Å². The normalized spacial score (nSPS) is 12.7. The van der Waals surface area contributed by atoms with E-state index in [-0.39, 0.29) is 23.9 Å². The van der Waals surface area contributed by atoms with Gasteiger partial charge >= 0.3 is 0 Å². The molecule has 1 aromatic rings. The quantitative estimate of drug-likeness (QED) is 0.832. The highest BCUT2D eigenvalue weighted by atomic mass is 35.5. The van der Waals surface area contributed by atoms with E-state index in [9.17, 15) is 9.18 Å². The Morgan fingerprint density at radius 1 is 1.42 bits per heavy atom. The molecule has 0 radical (unpaired) electrons. The number of halogens is 2. The molecular weight excluding hydrogens is 265 g/mol. The lowest BCUT2D eigenvalue weighted by Crippen LogP contribution is -2.21. The summed E-state index contributed by atoms with van der Waals surface area (Å²) in [7, 11) is 0. The summed E-state index contributed by atoms with van der Waals surface area (Å²) in [5.74, 6) is 0.396. The number of benzene rings is 1. The average molecular weight is 286 g/mol. The predicted octanol–water partition coefficient (Wildman–Crippen LogP) is 3.60. The molecule has 0 saturated carbocycles. The molecule has 0 spiro atoms. The average Bonchev–Trinajstić information content (AvgIpc) is 2.32. The number of carbonyl (C=O) groups is 1. The summed E-state index contributed by atoms with van der Waals surface area (Å²) >= 11 is 5.95. The Bertz CT molecular complexity index is 434. The smallest absolute Gasteiger partial charge is 0.137 e. The van der Waals surface area contributed by atoms with Crippen molar-refractivity contribution in [1.82, 2.24) is 0 Å². The standard InChI is InChI=1S/C15H21ClFNO/c1-10(2)5-11(9-18)6-14(19)8-12-7-13(17)3-4-15(12)16/h3-4,7,10-11H,5-6,8-9,18H2,1-2H3. The first-order valence-electron chi connectivity index (χ1n) is 6.58. The van der Waals surface area contributed by atoms with Crippen molar-refractivity contribution in [3.8, 4) is 0 Å². The Morgan fingerprint density at radius 3 is 2.68 bits per heavy atom. The zero-order valence-corrected chi connectivity index (χ0v) is 12.2. The summed E-state index contributed by atoms with van der Waals surface area (Å²) < 4.78 is 13.1. The largest absolute Gasteiger partial charge is 0.330 e. The Labute approximate surface area is 119 Å². The first kappa shape index (κ1) is 16.1. The van der Waals surface area contributed by atoms with Crippen LogP contribution in [0.4, 0.5) is 4.39 Å². The van der Waals surface area contributed by atoms with Gasteiger partial charge < -0.3 is 5.73 Å². The minimum Gasteiger partial charge on any atom is -0.330 e. The summed E-state index contributed by atoms with van der Waals surface area (Å²) in [6.07, 6.45) is 1.53. The molecule has 0 aliphatic heterocycles. The second-order valence-electron chi connectivity index (χ2n) is 5.39. The van der Waals surface area contributed by atoms with E-state index in [1.807, 2.05) is 0 Å². The maximum Gasteiger partial charge on any atom is 0.137 e. The third kappa shape index (κ3) is 5.70. The molecule has 1 rings (SSSR count). The Morgan fingerprint density at radius 2 is 2.11 bits per heavy atom. The Kier molecular flexibility index (Phi) is 6.46. The number of ketones is 1. The van der Waals surface area contributed by atoms with Crippen LogP contribution in [0.3, 0.4) is 0 Å². The molecule has 4 heteroatoms. The van der Waals surface area contributed by atoms with Crippen LogP contribution in [0.5, 0.6) is 0 Å². The molecule has 0 amide bonds. The van der Waals surface area contributed by atoms with Gasteiger partial charge in [-0.05, 0) is 48.6 Å². The highest BCUT2D eigenvalue weighted by molar-refractivity contribution is 6.31. The molecular formula is C15H21ClFNO. The van der Waals surface area contributed by atoms with Gasteiger partial charge in [0.2, 0.25) is 0 Å². The lowest BCUT2D eigenvalue weighted by molar-refractivity contribution is -0.119. The van der Waals surface area contributed by atoms with Crippen LogP contribution in [0.2, 0.25) is 5.02 Å². The van der Waals surface area contributed by atoms with Crippen LogP contribution >= 0.6 is 11.6 Å². The van der Waals surface area contributed by atoms with Crippen molar-refractivity contribution in [2.45, 2.75) is 33.1 Å². The van der Waals surface area contributed by atoms with Gasteiger partial charge in [0, 0.05) is 17.9 Å². The van der Waals surface area contributed by atoms with E-state index >= 15 is 0 Å². The monoisotopic (exact) mass is 285 g/mol. The molecule has 1 atom stereocenters. The van der Waals surface area contributed by atoms with Crippen molar-refractivity contribution in [2.75, 3.05) is 6.54 Å². The number of rotatable bonds is 7. The molecule has 0 bridgehead atoms. The van der Waals surface area contributed by atoms with Gasteiger partial charge in [-0.3, -0.25) is 4.79 Å². The SMILES string of the molecule is CC(C)CC(CN)CC(=O)Cc1cc(F)ccc1Cl. The molecule has 0 fully saturated rings. The maximum atomic E-state index is 13.1. The van der Waals surface area contributed by atoms with Crippen molar-refractivity contribution in [2.24, 2.45) is 17.6 Å². The first-order valence-corrected chi connectivity index (χ1v) is 6.95. The number of Topliss-reactive ketones (excluding diaryl/α,β-unsaturated/α-hetero) is 1. The lowest BCUT2D eigenvalue weighted by atomic mass is 9.91. The van der Waals surface area contributed by atoms with Crippen LogP contribution in [0, 0.1) is 17.7 Å². The van der Waals surface area contributed by atoms with Gasteiger partial charge in [0.25, 0.3) is 0 Å².